The van der Waals surface area contributed by atoms with Gasteiger partial charge in [-0.05, 0) is 36.6 Å². The normalized spacial score (nSPS) is 11.2. The Hall–Kier alpha value is -3.46. The highest BCUT2D eigenvalue weighted by Gasteiger charge is 2.19. The van der Waals surface area contributed by atoms with Crippen LogP contribution in [0.15, 0.2) is 42.5 Å². The zero-order valence-corrected chi connectivity index (χ0v) is 18.1. The Bertz CT molecular complexity index is 1120. The number of nitrogens with one attached hydrogen (secondary N) is 1. The number of nitrogens with zero attached hydrogens (tertiary/aromatic N) is 2. The summed E-state index contributed by atoms with van der Waals surface area (Å²) < 4.78 is 12.8. The summed E-state index contributed by atoms with van der Waals surface area (Å²) in [5.74, 6) is 0.739. The van der Waals surface area contributed by atoms with Gasteiger partial charge in [-0.3, -0.25) is 5.32 Å². The Morgan fingerprint density at radius 3 is 2.60 bits per heavy atom. The van der Waals surface area contributed by atoms with E-state index in [1.807, 2.05) is 64.1 Å². The summed E-state index contributed by atoms with van der Waals surface area (Å²) in [6.07, 6.45) is -0.497. The van der Waals surface area contributed by atoms with Gasteiger partial charge in [-0.25, -0.2) is 4.79 Å². The number of amides is 1. The molecule has 0 saturated heterocycles. The first-order valence-corrected chi connectivity index (χ1v) is 9.92. The second-order valence-electron chi connectivity index (χ2n) is 8.31. The van der Waals surface area contributed by atoms with E-state index in [0.717, 1.165) is 27.9 Å². The molecule has 0 fully saturated rings. The van der Waals surface area contributed by atoms with Crippen molar-refractivity contribution in [1.82, 2.24) is 4.57 Å². The van der Waals surface area contributed by atoms with Gasteiger partial charge < -0.3 is 14.0 Å². The quantitative estimate of drug-likeness (QED) is 0.582. The highest BCUT2D eigenvalue weighted by molar-refractivity contribution is 5.96. The van der Waals surface area contributed by atoms with E-state index in [2.05, 4.69) is 16.0 Å². The summed E-state index contributed by atoms with van der Waals surface area (Å²) >= 11 is 0. The number of benzene rings is 2. The Balaban J connectivity index is 2.01. The molecule has 0 aliphatic carbocycles. The van der Waals surface area contributed by atoms with Crippen LogP contribution in [-0.4, -0.2) is 24.4 Å². The molecule has 0 radical (unpaired) electrons. The van der Waals surface area contributed by atoms with E-state index in [1.165, 1.54) is 0 Å². The summed E-state index contributed by atoms with van der Waals surface area (Å²) in [5, 5.41) is 13.5. The van der Waals surface area contributed by atoms with E-state index in [9.17, 15) is 10.1 Å². The van der Waals surface area contributed by atoms with Crippen molar-refractivity contribution in [1.29, 1.82) is 5.26 Å². The molecule has 0 aliphatic heterocycles. The summed E-state index contributed by atoms with van der Waals surface area (Å²) in [7, 11) is 1.63. The summed E-state index contributed by atoms with van der Waals surface area (Å²) in [6.45, 7) is 9.05. The molecule has 3 aromatic rings. The first-order chi connectivity index (χ1) is 14.3. The number of fused-ring (bicyclic) bond motifs is 1. The molecule has 0 spiro atoms. The smallest absolute Gasteiger partial charge is 0.411 e. The lowest BCUT2D eigenvalue weighted by Crippen LogP contribution is -2.21. The van der Waals surface area contributed by atoms with Crippen LogP contribution in [0.5, 0.6) is 5.75 Å². The summed E-state index contributed by atoms with van der Waals surface area (Å²) in [4.78, 5) is 12.2. The molecule has 156 valence electrons. The van der Waals surface area contributed by atoms with Crippen LogP contribution >= 0.6 is 0 Å². The minimum atomic E-state index is -0.497. The van der Waals surface area contributed by atoms with Crippen molar-refractivity contribution >= 4 is 22.7 Å². The number of hydrogen-bond acceptors (Lipinski definition) is 4. The van der Waals surface area contributed by atoms with Crippen LogP contribution in [0.4, 0.5) is 10.5 Å². The highest BCUT2D eigenvalue weighted by Crippen LogP contribution is 2.36. The van der Waals surface area contributed by atoms with Crippen molar-refractivity contribution in [2.24, 2.45) is 5.41 Å². The molecule has 0 unspecified atom stereocenters. The maximum Gasteiger partial charge on any atom is 0.411 e. The molecular formula is C24H27N3O3. The topological polar surface area (TPSA) is 76.3 Å². The van der Waals surface area contributed by atoms with Crippen molar-refractivity contribution in [3.63, 3.8) is 0 Å². The van der Waals surface area contributed by atoms with Crippen LogP contribution < -0.4 is 10.1 Å². The van der Waals surface area contributed by atoms with E-state index in [0.29, 0.717) is 24.4 Å². The third-order valence-corrected chi connectivity index (χ3v) is 4.72. The lowest BCUT2D eigenvalue weighted by Gasteiger charge is -2.18. The van der Waals surface area contributed by atoms with Crippen LogP contribution in [0.3, 0.4) is 0 Å². The Morgan fingerprint density at radius 1 is 1.20 bits per heavy atom. The fourth-order valence-corrected chi connectivity index (χ4v) is 3.38. The van der Waals surface area contributed by atoms with Crippen LogP contribution in [0.2, 0.25) is 0 Å². The van der Waals surface area contributed by atoms with Crippen LogP contribution in [0.25, 0.3) is 22.2 Å². The predicted octanol–water partition coefficient (Wildman–Crippen LogP) is 5.80. The highest BCUT2D eigenvalue weighted by atomic mass is 16.5. The van der Waals surface area contributed by atoms with Gasteiger partial charge in [-0.15, -0.1) is 0 Å². The molecule has 3 rings (SSSR count). The van der Waals surface area contributed by atoms with Gasteiger partial charge in [-0.2, -0.15) is 5.26 Å². The van der Waals surface area contributed by atoms with E-state index < -0.39 is 6.09 Å². The Morgan fingerprint density at radius 2 is 1.97 bits per heavy atom. The van der Waals surface area contributed by atoms with E-state index >= 15 is 0 Å². The summed E-state index contributed by atoms with van der Waals surface area (Å²) in [6, 6.07) is 15.5. The van der Waals surface area contributed by atoms with E-state index in [-0.39, 0.29) is 5.41 Å². The van der Waals surface area contributed by atoms with Gasteiger partial charge in [0.2, 0.25) is 0 Å². The molecule has 1 aromatic heterocycles. The molecule has 30 heavy (non-hydrogen) atoms. The van der Waals surface area contributed by atoms with Crippen molar-refractivity contribution in [2.75, 3.05) is 19.0 Å². The van der Waals surface area contributed by atoms with Gasteiger partial charge in [0.15, 0.2) is 0 Å². The summed E-state index contributed by atoms with van der Waals surface area (Å²) in [5.41, 5.74) is 3.70. The fraction of sp³-hybridized carbons (Fsp3) is 0.333. The molecule has 1 amide bonds. The molecule has 0 saturated carbocycles. The van der Waals surface area contributed by atoms with E-state index in [1.54, 1.807) is 13.2 Å². The van der Waals surface area contributed by atoms with Gasteiger partial charge >= 0.3 is 6.09 Å². The molecule has 1 N–H and O–H groups in total. The number of ether oxygens (including phenoxy) is 2. The molecule has 6 nitrogen and oxygen atoms in total. The average molecular weight is 405 g/mol. The zero-order chi connectivity index (χ0) is 21.9. The van der Waals surface area contributed by atoms with Crippen molar-refractivity contribution < 1.29 is 14.3 Å². The van der Waals surface area contributed by atoms with Crippen molar-refractivity contribution in [3.05, 3.63) is 48.0 Å². The minimum absolute atomic E-state index is 0.107. The Labute approximate surface area is 177 Å². The minimum Gasteiger partial charge on any atom is -0.497 e. The number of hydrogen-bond donors (Lipinski definition) is 1. The number of carbonyl (C=O) groups excluding carboxylic acids is 1. The molecule has 0 aliphatic rings. The van der Waals surface area contributed by atoms with Crippen molar-refractivity contribution in [3.8, 4) is 23.1 Å². The molecular weight excluding hydrogens is 378 g/mol. The monoisotopic (exact) mass is 405 g/mol. The molecule has 2 aromatic carbocycles. The van der Waals surface area contributed by atoms with Crippen LogP contribution in [0, 0.1) is 16.7 Å². The Kier molecular flexibility index (Phi) is 6.02. The second-order valence-corrected chi connectivity index (χ2v) is 8.31. The second kappa shape index (κ2) is 8.50. The molecule has 0 bridgehead atoms. The van der Waals surface area contributed by atoms with Gasteiger partial charge in [0.05, 0.1) is 30.5 Å². The van der Waals surface area contributed by atoms with Gasteiger partial charge in [0.1, 0.15) is 11.8 Å². The van der Waals surface area contributed by atoms with Gasteiger partial charge in [0.25, 0.3) is 0 Å². The number of nitriles is 1. The first kappa shape index (κ1) is 21.3. The van der Waals surface area contributed by atoms with Crippen LogP contribution in [-0.2, 0) is 11.3 Å². The maximum absolute atomic E-state index is 12.2. The molecule has 6 heteroatoms. The van der Waals surface area contributed by atoms with Crippen LogP contribution in [0.1, 0.15) is 33.3 Å². The van der Waals surface area contributed by atoms with Crippen molar-refractivity contribution in [2.45, 2.75) is 34.2 Å². The maximum atomic E-state index is 12.2. The third-order valence-electron chi connectivity index (χ3n) is 4.72. The number of aryl methyl sites for hydroxylation is 1. The molecule has 0 atom stereocenters. The lowest BCUT2D eigenvalue weighted by atomic mass is 9.99. The number of rotatable bonds is 5. The first-order valence-electron chi connectivity index (χ1n) is 9.92. The largest absolute Gasteiger partial charge is 0.497 e. The number of aromatic nitrogens is 1. The SMILES string of the molecule is CCn1c(-c2cccc(NC(=O)OCC(C)(C)C)c2)c(C#N)c2ccc(OC)cc21. The standard InChI is InChI=1S/C24H27N3O3/c1-6-27-21-13-18(29-5)10-11-19(21)20(14-25)22(27)16-8-7-9-17(12-16)26-23(28)30-15-24(2,3)4/h7-13H,6,15H2,1-5H3,(H,26,28). The molecule has 1 heterocycles. The van der Waals surface area contributed by atoms with E-state index in [4.69, 9.17) is 9.47 Å². The fourth-order valence-electron chi connectivity index (χ4n) is 3.38. The number of anilines is 1. The third kappa shape index (κ3) is 4.41. The van der Waals surface area contributed by atoms with Gasteiger partial charge in [-0.1, -0.05) is 32.9 Å². The predicted molar refractivity (Wildman–Crippen MR) is 119 cm³/mol. The lowest BCUT2D eigenvalue weighted by molar-refractivity contribution is 0.118. The van der Waals surface area contributed by atoms with Gasteiger partial charge in [0, 0.05) is 29.2 Å². The zero-order valence-electron chi connectivity index (χ0n) is 18.1. The average Bonchev–Trinajstić information content (AvgIpc) is 3.04. The number of methoxy groups -OCH3 is 1. The number of carbonyl (C=O) groups is 1.